The van der Waals surface area contributed by atoms with Gasteiger partial charge >= 0.3 is 0 Å². The third-order valence-electron chi connectivity index (χ3n) is 1.94. The van der Waals surface area contributed by atoms with Gasteiger partial charge in [-0.25, -0.2) is 0 Å². The summed E-state index contributed by atoms with van der Waals surface area (Å²) in [6, 6.07) is 4.89. The molecule has 1 amide bonds. The third-order valence-corrected chi connectivity index (χ3v) is 2.03. The van der Waals surface area contributed by atoms with Crippen LogP contribution in [0.3, 0.4) is 0 Å². The maximum Gasteiger partial charge on any atom is 0.285 e. The predicted molar refractivity (Wildman–Crippen MR) is 56.8 cm³/mol. The van der Waals surface area contributed by atoms with Crippen LogP contribution in [-0.2, 0) is 0 Å². The fraction of sp³-hybridized carbons (Fsp3) is 0.200. The number of nitrogens with zero attached hydrogens (tertiary/aromatic N) is 1. The lowest BCUT2D eigenvalue weighted by atomic mass is 10.2. The molecule has 1 heterocycles. The lowest BCUT2D eigenvalue weighted by Gasteiger charge is -2.18. The molecule has 0 aliphatic carbocycles. The molecule has 0 unspecified atom stereocenters. The molecule has 4 nitrogen and oxygen atoms in total. The average molecular weight is 221 g/mol. The summed E-state index contributed by atoms with van der Waals surface area (Å²) in [7, 11) is 0. The summed E-state index contributed by atoms with van der Waals surface area (Å²) < 4.78 is 10.6. The summed E-state index contributed by atoms with van der Waals surface area (Å²) in [4.78, 5) is 14.7. The number of fused-ring (bicyclic) bond motifs is 1. The minimum atomic E-state index is -0.429. The van der Waals surface area contributed by atoms with Crippen LogP contribution in [-0.4, -0.2) is 24.3 Å². The van der Waals surface area contributed by atoms with Gasteiger partial charge in [0.15, 0.2) is 11.5 Å². The van der Waals surface area contributed by atoms with Crippen LogP contribution < -0.4 is 9.47 Å². The predicted octanol–water partition coefficient (Wildman–Crippen LogP) is 1.70. The second kappa shape index (κ2) is 4.21. The van der Waals surface area contributed by atoms with Gasteiger partial charge in [0.1, 0.15) is 13.2 Å². The molecular formula is C10H7NO3S. The summed E-state index contributed by atoms with van der Waals surface area (Å²) >= 11 is 4.36. The molecule has 1 aromatic carbocycles. The first-order valence-electron chi connectivity index (χ1n) is 4.33. The smallest absolute Gasteiger partial charge is 0.285 e. The zero-order chi connectivity index (χ0) is 10.7. The molecule has 15 heavy (non-hydrogen) atoms. The van der Waals surface area contributed by atoms with E-state index < -0.39 is 5.91 Å². The molecule has 1 aliphatic rings. The molecule has 0 bridgehead atoms. The Balaban J connectivity index is 2.35. The summed E-state index contributed by atoms with van der Waals surface area (Å²) in [5.41, 5.74) is 0.414. The van der Waals surface area contributed by atoms with Gasteiger partial charge in [0.05, 0.1) is 5.16 Å². The molecule has 0 saturated heterocycles. The van der Waals surface area contributed by atoms with E-state index in [-0.39, 0.29) is 0 Å². The first-order valence-corrected chi connectivity index (χ1v) is 4.74. The molecule has 0 aromatic heterocycles. The van der Waals surface area contributed by atoms with Crippen LogP contribution in [0.25, 0.3) is 0 Å². The van der Waals surface area contributed by atoms with Crippen LogP contribution in [0.1, 0.15) is 10.4 Å². The molecule has 2 rings (SSSR count). The van der Waals surface area contributed by atoms with Crippen LogP contribution in [0.2, 0.25) is 0 Å². The summed E-state index contributed by atoms with van der Waals surface area (Å²) in [5.74, 6) is 0.776. The Morgan fingerprint density at radius 3 is 2.80 bits per heavy atom. The molecule has 0 saturated carbocycles. The molecule has 0 N–H and O–H groups in total. The Morgan fingerprint density at radius 2 is 2.07 bits per heavy atom. The second-order valence-corrected chi connectivity index (χ2v) is 3.05. The van der Waals surface area contributed by atoms with Crippen LogP contribution in [0.15, 0.2) is 23.2 Å². The Hall–Kier alpha value is -1.71. The fourth-order valence-electron chi connectivity index (χ4n) is 1.28. The SMILES string of the molecule is O=C(N=C=S)c1ccc2c(c1)OCCO2. The highest BCUT2D eigenvalue weighted by Gasteiger charge is 2.14. The van der Waals surface area contributed by atoms with Crippen molar-refractivity contribution in [3.63, 3.8) is 0 Å². The number of amides is 1. The number of isothiocyanates is 1. The number of ether oxygens (including phenoxy) is 2. The van der Waals surface area contributed by atoms with Gasteiger partial charge < -0.3 is 9.47 Å². The average Bonchev–Trinajstić information content (AvgIpc) is 2.29. The molecule has 0 radical (unpaired) electrons. The van der Waals surface area contributed by atoms with Crippen molar-refractivity contribution in [2.24, 2.45) is 4.99 Å². The quantitative estimate of drug-likeness (QED) is 0.535. The van der Waals surface area contributed by atoms with Gasteiger partial charge in [-0.1, -0.05) is 0 Å². The highest BCUT2D eigenvalue weighted by molar-refractivity contribution is 7.78. The third kappa shape index (κ3) is 2.03. The van der Waals surface area contributed by atoms with E-state index in [2.05, 4.69) is 17.2 Å². The van der Waals surface area contributed by atoms with E-state index in [1.807, 2.05) is 5.16 Å². The summed E-state index contributed by atoms with van der Waals surface area (Å²) in [6.45, 7) is 1.01. The largest absolute Gasteiger partial charge is 0.486 e. The van der Waals surface area contributed by atoms with Crippen LogP contribution in [0.4, 0.5) is 0 Å². The van der Waals surface area contributed by atoms with Crippen LogP contribution >= 0.6 is 12.2 Å². The minimum absolute atomic E-state index is 0.414. The van der Waals surface area contributed by atoms with Crippen molar-refractivity contribution >= 4 is 23.3 Å². The molecule has 1 aliphatic heterocycles. The Bertz CT molecular complexity index is 452. The molecule has 0 fully saturated rings. The Morgan fingerprint density at radius 1 is 1.33 bits per heavy atom. The standard InChI is InChI=1S/C10H7NO3S/c12-10(11-6-15)7-1-2-8-9(5-7)14-4-3-13-8/h1-2,5H,3-4H2. The minimum Gasteiger partial charge on any atom is -0.486 e. The van der Waals surface area contributed by atoms with E-state index in [0.717, 1.165) is 0 Å². The number of thiocarbonyl (C=S) groups is 1. The summed E-state index contributed by atoms with van der Waals surface area (Å²) in [6.07, 6.45) is 0. The summed E-state index contributed by atoms with van der Waals surface area (Å²) in [5, 5.41) is 2.03. The zero-order valence-corrected chi connectivity index (χ0v) is 8.54. The van der Waals surface area contributed by atoms with Crippen molar-refractivity contribution in [1.82, 2.24) is 0 Å². The maximum atomic E-state index is 11.3. The molecule has 0 atom stereocenters. The number of rotatable bonds is 1. The van der Waals surface area contributed by atoms with Gasteiger partial charge in [0, 0.05) is 5.56 Å². The van der Waals surface area contributed by atoms with E-state index in [1.165, 1.54) is 0 Å². The maximum absolute atomic E-state index is 11.3. The number of benzene rings is 1. The van der Waals surface area contributed by atoms with E-state index in [9.17, 15) is 4.79 Å². The highest BCUT2D eigenvalue weighted by Crippen LogP contribution is 2.30. The van der Waals surface area contributed by atoms with Crippen molar-refractivity contribution in [2.75, 3.05) is 13.2 Å². The monoisotopic (exact) mass is 221 g/mol. The molecule has 0 spiro atoms. The number of carbonyl (C=O) groups is 1. The fourth-order valence-corrected chi connectivity index (χ4v) is 1.37. The Labute approximate surface area is 91.5 Å². The van der Waals surface area contributed by atoms with Gasteiger partial charge in [-0.3, -0.25) is 4.79 Å². The van der Waals surface area contributed by atoms with Crippen LogP contribution in [0.5, 0.6) is 11.5 Å². The topological polar surface area (TPSA) is 47.9 Å². The Kier molecular flexibility index (Phi) is 2.76. The molecular weight excluding hydrogens is 214 g/mol. The molecule has 1 aromatic rings. The van der Waals surface area contributed by atoms with Crippen molar-refractivity contribution in [3.8, 4) is 11.5 Å². The van der Waals surface area contributed by atoms with Gasteiger partial charge in [0.2, 0.25) is 0 Å². The zero-order valence-electron chi connectivity index (χ0n) is 7.73. The normalized spacial score (nSPS) is 12.8. The number of aliphatic imine (C=N–C) groups is 1. The number of hydrogen-bond acceptors (Lipinski definition) is 4. The number of hydrogen-bond donors (Lipinski definition) is 0. The molecule has 76 valence electrons. The van der Waals surface area contributed by atoms with E-state index in [4.69, 9.17) is 9.47 Å². The van der Waals surface area contributed by atoms with Crippen molar-refractivity contribution in [2.45, 2.75) is 0 Å². The number of carbonyl (C=O) groups excluding carboxylic acids is 1. The van der Waals surface area contributed by atoms with Crippen molar-refractivity contribution < 1.29 is 14.3 Å². The van der Waals surface area contributed by atoms with E-state index in [0.29, 0.717) is 30.3 Å². The molecule has 5 heteroatoms. The van der Waals surface area contributed by atoms with Gasteiger partial charge in [0.25, 0.3) is 5.91 Å². The van der Waals surface area contributed by atoms with E-state index in [1.54, 1.807) is 18.2 Å². The first-order chi connectivity index (χ1) is 7.31. The van der Waals surface area contributed by atoms with Crippen molar-refractivity contribution in [3.05, 3.63) is 23.8 Å². The van der Waals surface area contributed by atoms with Crippen LogP contribution in [0, 0.1) is 0 Å². The van der Waals surface area contributed by atoms with Gasteiger partial charge in [-0.05, 0) is 30.4 Å². The van der Waals surface area contributed by atoms with Gasteiger partial charge in [-0.15, -0.1) is 0 Å². The first kappa shape index (κ1) is 9.83. The lowest BCUT2D eigenvalue weighted by Crippen LogP contribution is -2.15. The highest BCUT2D eigenvalue weighted by atomic mass is 32.1. The van der Waals surface area contributed by atoms with Crippen molar-refractivity contribution in [1.29, 1.82) is 0 Å². The van der Waals surface area contributed by atoms with Gasteiger partial charge in [-0.2, -0.15) is 4.99 Å². The second-order valence-electron chi connectivity index (χ2n) is 2.87. The van der Waals surface area contributed by atoms with E-state index >= 15 is 0 Å². The lowest BCUT2D eigenvalue weighted by molar-refractivity contribution is 0.100.